The lowest BCUT2D eigenvalue weighted by Gasteiger charge is -2.34. The highest BCUT2D eigenvalue weighted by molar-refractivity contribution is 5.92. The number of aromatic nitrogens is 1. The Labute approximate surface area is 215 Å². The van der Waals surface area contributed by atoms with Crippen LogP contribution in [0.1, 0.15) is 50.5 Å². The summed E-state index contributed by atoms with van der Waals surface area (Å²) in [5.74, 6) is 0.250. The molecule has 8 heteroatoms. The van der Waals surface area contributed by atoms with Gasteiger partial charge in [-0.3, -0.25) is 14.6 Å². The van der Waals surface area contributed by atoms with Crippen LogP contribution in [0.3, 0.4) is 0 Å². The van der Waals surface area contributed by atoms with E-state index in [1.54, 1.807) is 6.20 Å². The lowest BCUT2D eigenvalue weighted by Crippen LogP contribution is -2.52. The number of nitrogens with zero attached hydrogens (tertiary/aromatic N) is 2. The average Bonchev–Trinajstić information content (AvgIpc) is 3.37. The molecule has 0 unspecified atom stereocenters. The van der Waals surface area contributed by atoms with Crippen molar-refractivity contribution in [3.05, 3.63) is 42.1 Å². The second-order valence-corrected chi connectivity index (χ2v) is 10.7. The molecule has 0 spiro atoms. The summed E-state index contributed by atoms with van der Waals surface area (Å²) in [5.41, 5.74) is 19.6. The van der Waals surface area contributed by atoms with Gasteiger partial charge < -0.3 is 27.0 Å². The van der Waals surface area contributed by atoms with Gasteiger partial charge in [-0.15, -0.1) is 0 Å². The van der Waals surface area contributed by atoms with Crippen LogP contribution in [-0.2, 0) is 16.0 Å². The van der Waals surface area contributed by atoms with E-state index >= 15 is 0 Å². The molecule has 1 fully saturated rings. The molecule has 1 amide bonds. The Morgan fingerprint density at radius 2 is 1.81 bits per heavy atom. The molecule has 0 aliphatic heterocycles. The maximum atomic E-state index is 13.4. The van der Waals surface area contributed by atoms with E-state index in [1.165, 1.54) is 12.8 Å². The number of likely N-dealkylation sites (N-methyl/N-ethyl adjacent to an activating group) is 1. The predicted molar refractivity (Wildman–Crippen MR) is 145 cm³/mol. The van der Waals surface area contributed by atoms with Gasteiger partial charge >= 0.3 is 0 Å². The Kier molecular flexibility index (Phi) is 10.8. The van der Waals surface area contributed by atoms with Crippen LogP contribution in [0.5, 0.6) is 0 Å². The Morgan fingerprint density at radius 1 is 1.11 bits per heavy atom. The van der Waals surface area contributed by atoms with Crippen LogP contribution in [0.15, 0.2) is 36.5 Å². The first-order chi connectivity index (χ1) is 17.3. The molecule has 8 nitrogen and oxygen atoms in total. The van der Waals surface area contributed by atoms with E-state index in [0.717, 1.165) is 59.8 Å². The third kappa shape index (κ3) is 8.34. The SMILES string of the molecule is C[N+](CCN)(CCN)CCC[C@H](N)C(=O)N[C@@H](CC1CCCC1)C(=O)Cc1cnc2ccccc2c1. The number of nitrogens with one attached hydrogen (secondary N) is 1. The molecular weight excluding hydrogens is 452 g/mol. The second kappa shape index (κ2) is 13.8. The molecule has 1 saturated carbocycles. The first-order valence-corrected chi connectivity index (χ1v) is 13.5. The zero-order valence-electron chi connectivity index (χ0n) is 21.8. The fourth-order valence-electron chi connectivity index (χ4n) is 5.45. The zero-order chi connectivity index (χ0) is 26.0. The second-order valence-electron chi connectivity index (χ2n) is 10.7. The van der Waals surface area contributed by atoms with Crippen molar-refractivity contribution >= 4 is 22.6 Å². The Morgan fingerprint density at radius 3 is 2.50 bits per heavy atom. The van der Waals surface area contributed by atoms with Crippen LogP contribution in [0.4, 0.5) is 0 Å². The summed E-state index contributed by atoms with van der Waals surface area (Å²) >= 11 is 0. The fraction of sp³-hybridized carbons (Fsp3) is 0.607. The third-order valence-corrected chi connectivity index (χ3v) is 7.66. The number of ketones is 1. The van der Waals surface area contributed by atoms with Crippen molar-refractivity contribution in [2.75, 3.05) is 39.8 Å². The predicted octanol–water partition coefficient (Wildman–Crippen LogP) is 1.88. The van der Waals surface area contributed by atoms with Gasteiger partial charge in [0.05, 0.1) is 44.3 Å². The molecule has 1 aliphatic carbocycles. The normalized spacial score (nSPS) is 16.2. The minimum Gasteiger partial charge on any atom is -0.345 e. The smallest absolute Gasteiger partial charge is 0.237 e. The van der Waals surface area contributed by atoms with Gasteiger partial charge in [0.1, 0.15) is 0 Å². The third-order valence-electron chi connectivity index (χ3n) is 7.66. The number of amides is 1. The summed E-state index contributed by atoms with van der Waals surface area (Å²) in [6.45, 7) is 3.76. The highest BCUT2D eigenvalue weighted by Crippen LogP contribution is 2.29. The molecule has 0 radical (unpaired) electrons. The molecule has 1 heterocycles. The number of para-hydroxylation sites is 1. The van der Waals surface area contributed by atoms with Gasteiger partial charge in [-0.2, -0.15) is 0 Å². The molecule has 198 valence electrons. The van der Waals surface area contributed by atoms with Crippen molar-refractivity contribution < 1.29 is 14.1 Å². The fourth-order valence-corrected chi connectivity index (χ4v) is 5.45. The van der Waals surface area contributed by atoms with E-state index in [2.05, 4.69) is 17.3 Å². The minimum atomic E-state index is -0.643. The topological polar surface area (TPSA) is 137 Å². The molecule has 7 N–H and O–H groups in total. The molecule has 3 rings (SSSR count). The summed E-state index contributed by atoms with van der Waals surface area (Å²) in [5, 5.41) is 4.03. The van der Waals surface area contributed by atoms with Crippen LogP contribution < -0.4 is 22.5 Å². The number of hydrogen-bond acceptors (Lipinski definition) is 6. The maximum Gasteiger partial charge on any atom is 0.237 e. The molecule has 0 bridgehead atoms. The summed E-state index contributed by atoms with van der Waals surface area (Å²) < 4.78 is 0.782. The molecular formula is C28H45N6O2+. The van der Waals surface area contributed by atoms with Gasteiger partial charge in [-0.25, -0.2) is 0 Å². The molecule has 36 heavy (non-hydrogen) atoms. The largest absolute Gasteiger partial charge is 0.345 e. The Balaban J connectivity index is 1.60. The highest BCUT2D eigenvalue weighted by atomic mass is 16.2. The van der Waals surface area contributed by atoms with Gasteiger partial charge in [-0.1, -0.05) is 43.9 Å². The molecule has 1 aromatic heterocycles. The van der Waals surface area contributed by atoms with Crippen LogP contribution in [-0.4, -0.2) is 73.0 Å². The maximum absolute atomic E-state index is 13.4. The zero-order valence-corrected chi connectivity index (χ0v) is 21.8. The number of fused-ring (bicyclic) bond motifs is 1. The van der Waals surface area contributed by atoms with Gasteiger partial charge in [0, 0.05) is 31.1 Å². The number of nitrogens with two attached hydrogens (primary N) is 3. The van der Waals surface area contributed by atoms with Crippen molar-refractivity contribution in [2.45, 2.75) is 63.5 Å². The lowest BCUT2D eigenvalue weighted by atomic mass is 9.93. The van der Waals surface area contributed by atoms with Crippen molar-refractivity contribution in [2.24, 2.45) is 23.1 Å². The summed E-state index contributed by atoms with van der Waals surface area (Å²) in [6, 6.07) is 8.72. The Hall–Kier alpha value is -2.39. The number of pyridine rings is 1. The molecule has 1 aliphatic rings. The molecule has 0 saturated heterocycles. The standard InChI is InChI=1S/C28H44N6O2/c1-34(15-12-29,16-13-30)14-6-10-24(31)28(36)33-26(18-21-7-2-3-8-21)27(35)19-22-17-23-9-4-5-11-25(23)32-20-22/h4-5,9,11,17,20-21,24,26H,2-3,6-8,10,12-16,18-19,29-31H2,1H3/p+1/t24-,26-/m0/s1. The number of rotatable bonds is 15. The van der Waals surface area contributed by atoms with Crippen LogP contribution in [0.25, 0.3) is 10.9 Å². The van der Waals surface area contributed by atoms with Crippen molar-refractivity contribution in [1.29, 1.82) is 0 Å². The average molecular weight is 498 g/mol. The van der Waals surface area contributed by atoms with Crippen molar-refractivity contribution in [1.82, 2.24) is 10.3 Å². The summed E-state index contributed by atoms with van der Waals surface area (Å²) in [7, 11) is 2.14. The first kappa shape index (κ1) is 28.2. The van der Waals surface area contributed by atoms with Crippen molar-refractivity contribution in [3.63, 3.8) is 0 Å². The molecule has 2 aromatic rings. The number of benzene rings is 1. The Bertz CT molecular complexity index is 985. The van der Waals surface area contributed by atoms with E-state index in [1.807, 2.05) is 30.3 Å². The number of quaternary nitrogens is 1. The molecule has 1 aromatic carbocycles. The van der Waals surface area contributed by atoms with E-state index in [4.69, 9.17) is 17.2 Å². The number of hydrogen-bond donors (Lipinski definition) is 4. The number of carbonyl (C=O) groups excluding carboxylic acids is 2. The number of carbonyl (C=O) groups is 2. The minimum absolute atomic E-state index is 0.0228. The molecule has 2 atom stereocenters. The van der Waals surface area contributed by atoms with E-state index < -0.39 is 12.1 Å². The lowest BCUT2D eigenvalue weighted by molar-refractivity contribution is -0.907. The van der Waals surface area contributed by atoms with Crippen LogP contribution in [0.2, 0.25) is 0 Å². The monoisotopic (exact) mass is 497 g/mol. The van der Waals surface area contributed by atoms with Crippen molar-refractivity contribution in [3.8, 4) is 0 Å². The van der Waals surface area contributed by atoms with Crippen LogP contribution >= 0.6 is 0 Å². The highest BCUT2D eigenvalue weighted by Gasteiger charge is 2.28. The van der Waals surface area contributed by atoms with Crippen LogP contribution in [0, 0.1) is 5.92 Å². The van der Waals surface area contributed by atoms with Gasteiger partial charge in [0.2, 0.25) is 5.91 Å². The van der Waals surface area contributed by atoms with Gasteiger partial charge in [0.15, 0.2) is 5.78 Å². The van der Waals surface area contributed by atoms with E-state index in [9.17, 15) is 9.59 Å². The summed E-state index contributed by atoms with van der Waals surface area (Å²) in [6.07, 6.45) is 8.66. The van der Waals surface area contributed by atoms with Gasteiger partial charge in [0.25, 0.3) is 0 Å². The van der Waals surface area contributed by atoms with E-state index in [0.29, 0.717) is 31.8 Å². The quantitative estimate of drug-likeness (QED) is 0.277. The van der Waals surface area contributed by atoms with E-state index in [-0.39, 0.29) is 18.1 Å². The van der Waals surface area contributed by atoms with Gasteiger partial charge in [-0.05, 0) is 42.9 Å². The number of Topliss-reactive ketones (excluding diaryl/α,β-unsaturated/α-hetero) is 1. The first-order valence-electron chi connectivity index (χ1n) is 13.5. The summed E-state index contributed by atoms with van der Waals surface area (Å²) in [4.78, 5) is 30.9.